The molecule has 0 amide bonds. The summed E-state index contributed by atoms with van der Waals surface area (Å²) in [5, 5.41) is 0. The average Bonchev–Trinajstić information content (AvgIpc) is 2.54. The van der Waals surface area contributed by atoms with Crippen LogP contribution in [-0.4, -0.2) is 0 Å². The fourth-order valence-electron chi connectivity index (χ4n) is 1.92. The van der Waals surface area contributed by atoms with E-state index in [2.05, 4.69) is 0 Å². The Morgan fingerprint density at radius 1 is 0.417 bits per heavy atom. The van der Waals surface area contributed by atoms with E-state index < -0.39 is 0 Å². The van der Waals surface area contributed by atoms with Crippen molar-refractivity contribution in [3.63, 3.8) is 0 Å². The second-order valence-corrected chi connectivity index (χ2v) is 4.81. The van der Waals surface area contributed by atoms with Crippen LogP contribution < -0.4 is 20.9 Å². The Bertz CT molecular complexity index is 679. The van der Waals surface area contributed by atoms with Gasteiger partial charge in [-0.2, -0.15) is 0 Å². The van der Waals surface area contributed by atoms with Crippen molar-refractivity contribution < 1.29 is 9.47 Å². The molecule has 3 aromatic rings. The van der Waals surface area contributed by atoms with Crippen molar-refractivity contribution >= 4 is 36.2 Å². The molecule has 126 valence electrons. The summed E-state index contributed by atoms with van der Waals surface area (Å²) in [6.07, 6.45) is 0. The normalized spacial score (nSPS) is 9.33. The van der Waals surface area contributed by atoms with Gasteiger partial charge >= 0.3 is 0 Å². The van der Waals surface area contributed by atoms with Gasteiger partial charge in [0.2, 0.25) is 0 Å². The molecule has 0 fully saturated rings. The summed E-state index contributed by atoms with van der Waals surface area (Å²) in [5.41, 5.74) is 12.7. The first-order valence-electron chi connectivity index (χ1n) is 6.86. The van der Waals surface area contributed by atoms with Crippen molar-refractivity contribution in [2.45, 2.75) is 0 Å². The Labute approximate surface area is 153 Å². The van der Waals surface area contributed by atoms with Gasteiger partial charge in [0, 0.05) is 11.4 Å². The standard InChI is InChI=1S/C18H16N2O2.2ClH/c19-13-1-5-15(6-2-13)21-17-9-11-18(12-10-17)22-16-7-3-14(20)4-8-16;;/h1-12H,19-20H2;2*1H. The Morgan fingerprint density at radius 2 is 0.625 bits per heavy atom. The number of benzene rings is 3. The number of ether oxygens (including phenoxy) is 2. The molecule has 0 saturated heterocycles. The minimum atomic E-state index is 0. The molecule has 0 radical (unpaired) electrons. The number of anilines is 2. The van der Waals surface area contributed by atoms with Crippen molar-refractivity contribution in [2.24, 2.45) is 0 Å². The molecule has 24 heavy (non-hydrogen) atoms. The van der Waals surface area contributed by atoms with Gasteiger partial charge in [0.1, 0.15) is 23.0 Å². The smallest absolute Gasteiger partial charge is 0.127 e. The summed E-state index contributed by atoms with van der Waals surface area (Å²) in [7, 11) is 0. The van der Waals surface area contributed by atoms with E-state index in [4.69, 9.17) is 20.9 Å². The molecule has 6 heteroatoms. The zero-order valence-electron chi connectivity index (χ0n) is 12.7. The molecule has 4 nitrogen and oxygen atoms in total. The van der Waals surface area contributed by atoms with Gasteiger partial charge in [0.15, 0.2) is 0 Å². The number of nitrogen functional groups attached to an aromatic ring is 2. The summed E-state index contributed by atoms with van der Waals surface area (Å²) < 4.78 is 11.5. The van der Waals surface area contributed by atoms with Gasteiger partial charge in [-0.15, -0.1) is 24.8 Å². The first kappa shape index (κ1) is 19.5. The van der Waals surface area contributed by atoms with Gasteiger partial charge in [-0.25, -0.2) is 0 Å². The molecular weight excluding hydrogens is 347 g/mol. The lowest BCUT2D eigenvalue weighted by Crippen LogP contribution is -1.88. The summed E-state index contributed by atoms with van der Waals surface area (Å²) in [6, 6.07) is 21.9. The van der Waals surface area contributed by atoms with E-state index >= 15 is 0 Å². The highest BCUT2D eigenvalue weighted by Gasteiger charge is 2.00. The van der Waals surface area contributed by atoms with Gasteiger partial charge in [0.25, 0.3) is 0 Å². The van der Waals surface area contributed by atoms with Crippen molar-refractivity contribution in [3.05, 3.63) is 72.8 Å². The lowest BCUT2D eigenvalue weighted by atomic mass is 10.3. The van der Waals surface area contributed by atoms with Crippen molar-refractivity contribution in [3.8, 4) is 23.0 Å². The summed E-state index contributed by atoms with van der Waals surface area (Å²) >= 11 is 0. The third-order valence-corrected chi connectivity index (χ3v) is 3.06. The van der Waals surface area contributed by atoms with Crippen LogP contribution in [0.25, 0.3) is 0 Å². The van der Waals surface area contributed by atoms with Crippen LogP contribution >= 0.6 is 24.8 Å². The van der Waals surface area contributed by atoms with Crippen LogP contribution in [-0.2, 0) is 0 Å². The summed E-state index contributed by atoms with van der Waals surface area (Å²) in [6.45, 7) is 0. The molecule has 0 saturated carbocycles. The Morgan fingerprint density at radius 3 is 0.875 bits per heavy atom. The van der Waals surface area contributed by atoms with Gasteiger partial charge in [-0.1, -0.05) is 0 Å². The van der Waals surface area contributed by atoms with Crippen LogP contribution in [0.5, 0.6) is 23.0 Å². The van der Waals surface area contributed by atoms with Crippen LogP contribution in [0.1, 0.15) is 0 Å². The minimum Gasteiger partial charge on any atom is -0.457 e. The third-order valence-electron chi connectivity index (χ3n) is 3.06. The molecule has 0 bridgehead atoms. The molecule has 3 rings (SSSR count). The molecule has 0 aliphatic heterocycles. The quantitative estimate of drug-likeness (QED) is 0.617. The van der Waals surface area contributed by atoms with Gasteiger partial charge < -0.3 is 20.9 Å². The lowest BCUT2D eigenvalue weighted by Gasteiger charge is -2.08. The molecule has 0 heterocycles. The number of halogens is 2. The van der Waals surface area contributed by atoms with Crippen molar-refractivity contribution in [2.75, 3.05) is 11.5 Å². The van der Waals surface area contributed by atoms with E-state index in [1.54, 1.807) is 24.3 Å². The topological polar surface area (TPSA) is 70.5 Å². The van der Waals surface area contributed by atoms with Crippen molar-refractivity contribution in [1.29, 1.82) is 0 Å². The number of hydrogen-bond acceptors (Lipinski definition) is 4. The van der Waals surface area contributed by atoms with Crippen LogP contribution in [0, 0.1) is 0 Å². The Hall–Kier alpha value is -2.56. The van der Waals surface area contributed by atoms with E-state index in [9.17, 15) is 0 Å². The fraction of sp³-hybridized carbons (Fsp3) is 0. The second kappa shape index (κ2) is 8.91. The van der Waals surface area contributed by atoms with Crippen LogP contribution in [0.2, 0.25) is 0 Å². The predicted molar refractivity (Wildman–Crippen MR) is 103 cm³/mol. The molecule has 0 atom stereocenters. The van der Waals surface area contributed by atoms with E-state index in [0.29, 0.717) is 11.4 Å². The molecule has 4 N–H and O–H groups in total. The second-order valence-electron chi connectivity index (χ2n) is 4.81. The highest BCUT2D eigenvalue weighted by molar-refractivity contribution is 5.85. The first-order chi connectivity index (χ1) is 10.7. The molecular formula is C18H18Cl2N2O2. The molecule has 0 aromatic heterocycles. The Kier molecular flexibility index (Phi) is 7.24. The largest absolute Gasteiger partial charge is 0.457 e. The monoisotopic (exact) mass is 364 g/mol. The molecule has 0 aliphatic carbocycles. The third kappa shape index (κ3) is 5.26. The van der Waals surface area contributed by atoms with E-state index in [1.165, 1.54) is 0 Å². The van der Waals surface area contributed by atoms with Crippen molar-refractivity contribution in [1.82, 2.24) is 0 Å². The van der Waals surface area contributed by atoms with Gasteiger partial charge in [-0.3, -0.25) is 0 Å². The fourth-order valence-corrected chi connectivity index (χ4v) is 1.92. The van der Waals surface area contributed by atoms with E-state index in [1.807, 2.05) is 48.5 Å². The maximum absolute atomic E-state index is 5.73. The first-order valence-corrected chi connectivity index (χ1v) is 6.86. The molecule has 0 aliphatic rings. The van der Waals surface area contributed by atoms with Crippen LogP contribution in [0.4, 0.5) is 11.4 Å². The molecule has 3 aromatic carbocycles. The zero-order valence-corrected chi connectivity index (χ0v) is 14.3. The van der Waals surface area contributed by atoms with E-state index in [-0.39, 0.29) is 24.8 Å². The maximum atomic E-state index is 5.73. The summed E-state index contributed by atoms with van der Waals surface area (Å²) in [4.78, 5) is 0. The summed E-state index contributed by atoms with van der Waals surface area (Å²) in [5.74, 6) is 2.94. The highest BCUT2D eigenvalue weighted by atomic mass is 35.5. The molecule has 0 unspecified atom stereocenters. The lowest BCUT2D eigenvalue weighted by molar-refractivity contribution is 0.469. The van der Waals surface area contributed by atoms with Crippen LogP contribution in [0.3, 0.4) is 0 Å². The zero-order chi connectivity index (χ0) is 15.4. The van der Waals surface area contributed by atoms with Gasteiger partial charge in [0.05, 0.1) is 0 Å². The highest BCUT2D eigenvalue weighted by Crippen LogP contribution is 2.27. The van der Waals surface area contributed by atoms with Gasteiger partial charge in [-0.05, 0) is 72.8 Å². The Balaban J connectivity index is 0.00000144. The predicted octanol–water partition coefficient (Wildman–Crippen LogP) is 5.28. The SMILES string of the molecule is Cl.Cl.Nc1ccc(Oc2ccc(Oc3ccc(N)cc3)cc2)cc1. The van der Waals surface area contributed by atoms with Crippen LogP contribution in [0.15, 0.2) is 72.8 Å². The number of rotatable bonds is 4. The maximum Gasteiger partial charge on any atom is 0.127 e. The minimum absolute atomic E-state index is 0. The number of hydrogen-bond donors (Lipinski definition) is 2. The molecule has 0 spiro atoms. The van der Waals surface area contributed by atoms with E-state index in [0.717, 1.165) is 23.0 Å². The number of nitrogens with two attached hydrogens (primary N) is 2. The average molecular weight is 365 g/mol.